The second-order valence-corrected chi connectivity index (χ2v) is 5.34. The number of hydrogen-bond acceptors (Lipinski definition) is 3. The van der Waals surface area contributed by atoms with Gasteiger partial charge in [0.2, 0.25) is 0 Å². The normalized spacial score (nSPS) is 15.7. The second-order valence-electron chi connectivity index (χ2n) is 3.78. The first-order valence-electron chi connectivity index (χ1n) is 4.56. The zero-order valence-corrected chi connectivity index (χ0v) is 9.65. The summed E-state index contributed by atoms with van der Waals surface area (Å²) in [5.41, 5.74) is -5.33. The van der Waals surface area contributed by atoms with Gasteiger partial charge < -0.3 is 0 Å². The Labute approximate surface area is 87.7 Å². The summed E-state index contributed by atoms with van der Waals surface area (Å²) in [7, 11) is -5.44. The van der Waals surface area contributed by atoms with E-state index in [0.717, 1.165) is 0 Å². The molecule has 0 fully saturated rings. The molecule has 1 unspecified atom stereocenters. The fourth-order valence-corrected chi connectivity index (χ4v) is 1.52. The summed E-state index contributed by atoms with van der Waals surface area (Å²) in [6.07, 6.45) is -0.0411. The molecular formula is C8H15F3O3S. The highest BCUT2D eigenvalue weighted by atomic mass is 32.2. The van der Waals surface area contributed by atoms with E-state index in [1.165, 1.54) is 6.92 Å². The highest BCUT2D eigenvalue weighted by Gasteiger charge is 2.48. The van der Waals surface area contributed by atoms with Gasteiger partial charge in [0.25, 0.3) is 0 Å². The van der Waals surface area contributed by atoms with Crippen LogP contribution in [0, 0.1) is 5.92 Å². The molecule has 0 aliphatic heterocycles. The van der Waals surface area contributed by atoms with Crippen LogP contribution in [0.2, 0.25) is 0 Å². The standard InChI is InChI=1S/C8H15F3O3S/c1-6(2)4-5-7(3)14-15(12,13)8(9,10)11/h6-7H,4-5H2,1-3H3. The van der Waals surface area contributed by atoms with Crippen LogP contribution >= 0.6 is 0 Å². The lowest BCUT2D eigenvalue weighted by Gasteiger charge is -2.15. The van der Waals surface area contributed by atoms with Gasteiger partial charge >= 0.3 is 15.6 Å². The molecule has 1 atom stereocenters. The van der Waals surface area contributed by atoms with Crippen LogP contribution in [-0.2, 0) is 14.3 Å². The van der Waals surface area contributed by atoms with Crippen molar-refractivity contribution in [3.8, 4) is 0 Å². The summed E-state index contributed by atoms with van der Waals surface area (Å²) in [4.78, 5) is 0. The van der Waals surface area contributed by atoms with Crippen molar-refractivity contribution in [3.63, 3.8) is 0 Å². The average Bonchev–Trinajstić information content (AvgIpc) is 1.97. The molecule has 0 aliphatic rings. The van der Waals surface area contributed by atoms with Gasteiger partial charge in [-0.3, -0.25) is 4.18 Å². The van der Waals surface area contributed by atoms with E-state index in [9.17, 15) is 21.6 Å². The predicted octanol–water partition coefficient (Wildman–Crippen LogP) is 2.68. The minimum Gasteiger partial charge on any atom is -0.260 e. The molecule has 92 valence electrons. The molecule has 0 aromatic carbocycles. The van der Waals surface area contributed by atoms with Crippen molar-refractivity contribution in [1.82, 2.24) is 0 Å². The molecule has 3 nitrogen and oxygen atoms in total. The minimum absolute atomic E-state index is 0.285. The van der Waals surface area contributed by atoms with Crippen molar-refractivity contribution in [1.29, 1.82) is 0 Å². The largest absolute Gasteiger partial charge is 0.523 e. The molecule has 7 heteroatoms. The molecule has 0 heterocycles. The predicted molar refractivity (Wildman–Crippen MR) is 49.6 cm³/mol. The van der Waals surface area contributed by atoms with E-state index in [4.69, 9.17) is 0 Å². The zero-order valence-electron chi connectivity index (χ0n) is 8.84. The van der Waals surface area contributed by atoms with E-state index in [-0.39, 0.29) is 6.42 Å². The maximum Gasteiger partial charge on any atom is 0.523 e. The molecule has 0 saturated carbocycles. The van der Waals surface area contributed by atoms with Gasteiger partial charge in [-0.15, -0.1) is 0 Å². The fraction of sp³-hybridized carbons (Fsp3) is 1.00. The molecule has 0 aromatic rings. The van der Waals surface area contributed by atoms with Crippen molar-refractivity contribution in [2.45, 2.75) is 45.2 Å². The van der Waals surface area contributed by atoms with Crippen LogP contribution < -0.4 is 0 Å². The van der Waals surface area contributed by atoms with Gasteiger partial charge in [0.1, 0.15) is 0 Å². The van der Waals surface area contributed by atoms with Crippen LogP contribution in [0.3, 0.4) is 0 Å². The van der Waals surface area contributed by atoms with E-state index in [0.29, 0.717) is 12.3 Å². The maximum absolute atomic E-state index is 11.9. The molecule has 0 N–H and O–H groups in total. The first-order chi connectivity index (χ1) is 6.56. The summed E-state index contributed by atoms with van der Waals surface area (Å²) < 4.78 is 60.8. The Balaban J connectivity index is 4.24. The Morgan fingerprint density at radius 2 is 1.60 bits per heavy atom. The molecule has 0 aromatic heterocycles. The molecule has 0 saturated heterocycles. The summed E-state index contributed by atoms with van der Waals surface area (Å²) in [6, 6.07) is 0. The Morgan fingerprint density at radius 1 is 1.13 bits per heavy atom. The molecule has 0 amide bonds. The Morgan fingerprint density at radius 3 is 1.93 bits per heavy atom. The summed E-state index contributed by atoms with van der Waals surface area (Å²) >= 11 is 0. The fourth-order valence-electron chi connectivity index (χ4n) is 0.887. The van der Waals surface area contributed by atoms with Crippen LogP contribution in [-0.4, -0.2) is 20.0 Å². The molecular weight excluding hydrogens is 233 g/mol. The van der Waals surface area contributed by atoms with Crippen LogP contribution in [0.4, 0.5) is 13.2 Å². The third-order valence-corrected chi connectivity index (χ3v) is 2.87. The average molecular weight is 248 g/mol. The smallest absolute Gasteiger partial charge is 0.260 e. The first kappa shape index (κ1) is 14.7. The van der Waals surface area contributed by atoms with E-state index < -0.39 is 21.7 Å². The third kappa shape index (κ3) is 5.36. The van der Waals surface area contributed by atoms with Crippen molar-refractivity contribution >= 4 is 10.1 Å². The Kier molecular flexibility index (Phi) is 5.05. The number of halogens is 3. The van der Waals surface area contributed by atoms with Gasteiger partial charge in [0, 0.05) is 0 Å². The summed E-state index contributed by atoms with van der Waals surface area (Å²) in [6.45, 7) is 5.10. The Bertz CT molecular complexity index is 282. The minimum atomic E-state index is -5.44. The highest BCUT2D eigenvalue weighted by molar-refractivity contribution is 7.87. The van der Waals surface area contributed by atoms with E-state index in [2.05, 4.69) is 4.18 Å². The van der Waals surface area contributed by atoms with E-state index in [1.54, 1.807) is 0 Å². The van der Waals surface area contributed by atoms with Gasteiger partial charge in [-0.25, -0.2) is 0 Å². The third-order valence-electron chi connectivity index (χ3n) is 1.72. The van der Waals surface area contributed by atoms with Gasteiger partial charge in [0.05, 0.1) is 6.10 Å². The second kappa shape index (κ2) is 5.16. The van der Waals surface area contributed by atoms with Crippen LogP contribution in [0.25, 0.3) is 0 Å². The number of hydrogen-bond donors (Lipinski definition) is 0. The summed E-state index contributed by atoms with van der Waals surface area (Å²) in [5, 5.41) is 0. The van der Waals surface area contributed by atoms with E-state index in [1.807, 2.05) is 13.8 Å². The summed E-state index contributed by atoms with van der Waals surface area (Å²) in [5.74, 6) is 0.296. The van der Waals surface area contributed by atoms with Gasteiger partial charge in [-0.05, 0) is 25.7 Å². The quantitative estimate of drug-likeness (QED) is 0.555. The van der Waals surface area contributed by atoms with Gasteiger partial charge in [-0.2, -0.15) is 21.6 Å². The van der Waals surface area contributed by atoms with Gasteiger partial charge in [0.15, 0.2) is 0 Å². The molecule has 0 rings (SSSR count). The SMILES string of the molecule is CC(C)CCC(C)OS(=O)(=O)C(F)(F)F. The van der Waals surface area contributed by atoms with Crippen LogP contribution in [0.15, 0.2) is 0 Å². The van der Waals surface area contributed by atoms with Crippen LogP contribution in [0.1, 0.15) is 33.6 Å². The van der Waals surface area contributed by atoms with Crippen molar-refractivity contribution < 1.29 is 25.8 Å². The highest BCUT2D eigenvalue weighted by Crippen LogP contribution is 2.26. The van der Waals surface area contributed by atoms with E-state index >= 15 is 0 Å². The molecule has 0 spiro atoms. The van der Waals surface area contributed by atoms with Crippen molar-refractivity contribution in [2.24, 2.45) is 5.92 Å². The number of rotatable bonds is 5. The lowest BCUT2D eigenvalue weighted by molar-refractivity contribution is -0.0571. The first-order valence-corrected chi connectivity index (χ1v) is 5.96. The molecule has 0 aliphatic carbocycles. The lowest BCUT2D eigenvalue weighted by Crippen LogP contribution is -2.29. The molecule has 0 bridgehead atoms. The topological polar surface area (TPSA) is 43.4 Å². The maximum atomic E-state index is 11.9. The Hall–Kier alpha value is -0.300. The zero-order chi connectivity index (χ0) is 12.3. The number of alkyl halides is 3. The monoisotopic (exact) mass is 248 g/mol. The van der Waals surface area contributed by atoms with Crippen molar-refractivity contribution in [3.05, 3.63) is 0 Å². The molecule has 0 radical (unpaired) electrons. The molecule has 15 heavy (non-hydrogen) atoms. The lowest BCUT2D eigenvalue weighted by atomic mass is 10.1. The van der Waals surface area contributed by atoms with Gasteiger partial charge in [-0.1, -0.05) is 13.8 Å². The van der Waals surface area contributed by atoms with Crippen LogP contribution in [0.5, 0.6) is 0 Å². The van der Waals surface area contributed by atoms with Crippen molar-refractivity contribution in [2.75, 3.05) is 0 Å².